The third-order valence-electron chi connectivity index (χ3n) is 4.14. The van der Waals surface area contributed by atoms with Crippen molar-refractivity contribution in [2.75, 3.05) is 13.2 Å². The normalized spacial score (nSPS) is 18.4. The van der Waals surface area contributed by atoms with Gasteiger partial charge in [-0.15, -0.1) is 0 Å². The van der Waals surface area contributed by atoms with E-state index in [4.69, 9.17) is 4.74 Å². The number of hydrogen-bond donors (Lipinski definition) is 0. The van der Waals surface area contributed by atoms with E-state index in [-0.39, 0.29) is 5.78 Å². The van der Waals surface area contributed by atoms with E-state index in [0.29, 0.717) is 31.6 Å². The molecule has 0 saturated carbocycles. The van der Waals surface area contributed by atoms with E-state index in [1.54, 1.807) is 12.1 Å². The summed E-state index contributed by atoms with van der Waals surface area (Å²) in [5.74, 6) is -0.316. The topological polar surface area (TPSA) is 60.4 Å². The van der Waals surface area contributed by atoms with Crippen LogP contribution in [0.1, 0.15) is 42.6 Å². The number of benzene rings is 1. The number of carbonyl (C=O) groups is 1. The van der Waals surface area contributed by atoms with Crippen LogP contribution >= 0.6 is 0 Å². The Balaban J connectivity index is 2.16. The highest BCUT2D eigenvalue weighted by Gasteiger charge is 2.36. The first-order valence-corrected chi connectivity index (χ1v) is 9.01. The zero-order chi connectivity index (χ0) is 15.5. The van der Waals surface area contributed by atoms with Crippen LogP contribution in [0.3, 0.4) is 0 Å². The second-order valence-electron chi connectivity index (χ2n) is 5.46. The minimum atomic E-state index is -3.45. The van der Waals surface area contributed by atoms with Crippen LogP contribution in [-0.2, 0) is 21.0 Å². The lowest BCUT2D eigenvalue weighted by Crippen LogP contribution is -2.38. The van der Waals surface area contributed by atoms with Crippen molar-refractivity contribution in [1.29, 1.82) is 0 Å². The molecule has 1 aromatic carbocycles. The van der Waals surface area contributed by atoms with Crippen molar-refractivity contribution >= 4 is 15.6 Å². The van der Waals surface area contributed by atoms with Crippen molar-refractivity contribution in [1.82, 2.24) is 0 Å². The number of aryl methyl sites for hydroxylation is 1. The summed E-state index contributed by atoms with van der Waals surface area (Å²) in [5.41, 5.74) is 1.60. The number of sulfone groups is 1. The molecule has 0 N–H and O–H groups in total. The second-order valence-corrected chi connectivity index (χ2v) is 8.01. The van der Waals surface area contributed by atoms with Gasteiger partial charge in [-0.2, -0.15) is 0 Å². The fourth-order valence-electron chi connectivity index (χ4n) is 2.58. The molecule has 1 aromatic rings. The average molecular weight is 310 g/mol. The first-order valence-electron chi connectivity index (χ1n) is 7.40. The second kappa shape index (κ2) is 6.71. The predicted molar refractivity (Wildman–Crippen MR) is 82.4 cm³/mol. The molecule has 1 saturated heterocycles. The van der Waals surface area contributed by atoms with Crippen LogP contribution in [0.2, 0.25) is 0 Å². The Morgan fingerprint density at radius 1 is 1.24 bits per heavy atom. The number of carbonyl (C=O) groups excluding carboxylic acids is 1. The van der Waals surface area contributed by atoms with Gasteiger partial charge >= 0.3 is 0 Å². The van der Waals surface area contributed by atoms with Crippen molar-refractivity contribution < 1.29 is 17.9 Å². The molecular formula is C16H22O4S. The van der Waals surface area contributed by atoms with E-state index in [9.17, 15) is 13.2 Å². The molecule has 21 heavy (non-hydrogen) atoms. The van der Waals surface area contributed by atoms with E-state index < -0.39 is 20.3 Å². The molecule has 1 heterocycles. The van der Waals surface area contributed by atoms with Crippen LogP contribution in [0, 0.1) is 0 Å². The first-order chi connectivity index (χ1) is 9.96. The Labute approximate surface area is 126 Å². The number of rotatable bonds is 5. The Morgan fingerprint density at radius 3 is 2.33 bits per heavy atom. The quantitative estimate of drug-likeness (QED) is 0.784. The molecule has 1 atom stereocenters. The monoisotopic (exact) mass is 310 g/mol. The number of ketones is 1. The molecule has 4 nitrogen and oxygen atoms in total. The summed E-state index contributed by atoms with van der Waals surface area (Å²) in [5, 5.41) is -1.45. The summed E-state index contributed by atoms with van der Waals surface area (Å²) >= 11 is 0. The van der Waals surface area contributed by atoms with Crippen molar-refractivity contribution in [2.45, 2.75) is 43.6 Å². The molecule has 1 unspecified atom stereocenters. The van der Waals surface area contributed by atoms with Crippen LogP contribution in [0.25, 0.3) is 0 Å². The van der Waals surface area contributed by atoms with E-state index in [2.05, 4.69) is 0 Å². The molecule has 0 radical (unpaired) electrons. The number of ether oxygens (including phenoxy) is 1. The number of Topliss-reactive ketones (excluding diaryl/α,β-unsaturated/α-hetero) is 1. The van der Waals surface area contributed by atoms with Gasteiger partial charge in [0.2, 0.25) is 0 Å². The lowest BCUT2D eigenvalue weighted by Gasteiger charge is -2.24. The van der Waals surface area contributed by atoms with Gasteiger partial charge in [-0.05, 0) is 31.7 Å². The fraction of sp³-hybridized carbons (Fsp3) is 0.562. The molecule has 0 bridgehead atoms. The van der Waals surface area contributed by atoms with Crippen LogP contribution in [0.5, 0.6) is 0 Å². The molecule has 0 spiro atoms. The summed E-state index contributed by atoms with van der Waals surface area (Å²) in [6, 6.07) is 7.19. The van der Waals surface area contributed by atoms with Crippen LogP contribution in [0.4, 0.5) is 0 Å². The molecule has 1 aliphatic rings. The third-order valence-corrected chi connectivity index (χ3v) is 6.74. The third kappa shape index (κ3) is 3.52. The van der Waals surface area contributed by atoms with Gasteiger partial charge in [-0.25, -0.2) is 8.42 Å². The minimum Gasteiger partial charge on any atom is -0.381 e. The smallest absolute Gasteiger partial charge is 0.180 e. The Kier molecular flexibility index (Phi) is 5.17. The van der Waals surface area contributed by atoms with Crippen LogP contribution in [-0.4, -0.2) is 37.9 Å². The van der Waals surface area contributed by atoms with Gasteiger partial charge in [0.15, 0.2) is 15.6 Å². The summed E-state index contributed by atoms with van der Waals surface area (Å²) in [6.07, 6.45) is 1.86. The van der Waals surface area contributed by atoms with E-state index >= 15 is 0 Å². The molecule has 0 aromatic heterocycles. The summed E-state index contributed by atoms with van der Waals surface area (Å²) in [6.45, 7) is 4.45. The van der Waals surface area contributed by atoms with Gasteiger partial charge in [0, 0.05) is 18.8 Å². The van der Waals surface area contributed by atoms with E-state index in [1.165, 1.54) is 6.92 Å². The lowest BCUT2D eigenvalue weighted by molar-refractivity contribution is 0.0957. The molecule has 2 rings (SSSR count). The maximum absolute atomic E-state index is 12.5. The highest BCUT2D eigenvalue weighted by atomic mass is 32.2. The van der Waals surface area contributed by atoms with Crippen molar-refractivity contribution in [3.8, 4) is 0 Å². The minimum absolute atomic E-state index is 0.316. The van der Waals surface area contributed by atoms with Gasteiger partial charge in [0.1, 0.15) is 5.25 Å². The van der Waals surface area contributed by atoms with Crippen molar-refractivity contribution in [3.63, 3.8) is 0 Å². The van der Waals surface area contributed by atoms with Crippen LogP contribution in [0.15, 0.2) is 24.3 Å². The van der Waals surface area contributed by atoms with Crippen LogP contribution < -0.4 is 0 Å². The molecule has 1 fully saturated rings. The highest BCUT2D eigenvalue weighted by Crippen LogP contribution is 2.22. The van der Waals surface area contributed by atoms with Crippen molar-refractivity contribution in [2.24, 2.45) is 0 Å². The number of hydrogen-bond acceptors (Lipinski definition) is 4. The van der Waals surface area contributed by atoms with Gasteiger partial charge in [0.05, 0.1) is 5.25 Å². The van der Waals surface area contributed by atoms with Gasteiger partial charge < -0.3 is 4.74 Å². The van der Waals surface area contributed by atoms with E-state index in [0.717, 1.165) is 12.0 Å². The standard InChI is InChI=1S/C16H22O4S/c1-3-13-4-6-14(7-5-13)16(17)12(2)21(18,19)15-8-10-20-11-9-15/h4-7,12,15H,3,8-11H2,1-2H3. The molecular weight excluding hydrogens is 288 g/mol. The fourth-order valence-corrected chi connectivity index (χ4v) is 4.44. The molecule has 5 heteroatoms. The van der Waals surface area contributed by atoms with Gasteiger partial charge in [0.25, 0.3) is 0 Å². The molecule has 116 valence electrons. The lowest BCUT2D eigenvalue weighted by atomic mass is 10.1. The summed E-state index contributed by atoms with van der Waals surface area (Å²) < 4.78 is 30.3. The summed E-state index contributed by atoms with van der Waals surface area (Å²) in [4.78, 5) is 12.4. The maximum atomic E-state index is 12.5. The average Bonchev–Trinajstić information content (AvgIpc) is 2.54. The predicted octanol–water partition coefficient (Wildman–Crippen LogP) is 2.41. The Hall–Kier alpha value is -1.20. The Bertz CT molecular complexity index is 583. The highest BCUT2D eigenvalue weighted by molar-refractivity contribution is 7.93. The molecule has 1 aliphatic heterocycles. The van der Waals surface area contributed by atoms with E-state index in [1.807, 2.05) is 19.1 Å². The first kappa shape index (κ1) is 16.2. The summed E-state index contributed by atoms with van der Waals surface area (Å²) in [7, 11) is -3.45. The molecule has 0 amide bonds. The Morgan fingerprint density at radius 2 is 1.81 bits per heavy atom. The zero-order valence-electron chi connectivity index (χ0n) is 12.5. The van der Waals surface area contributed by atoms with Crippen molar-refractivity contribution in [3.05, 3.63) is 35.4 Å². The SMILES string of the molecule is CCc1ccc(C(=O)C(C)S(=O)(=O)C2CCOCC2)cc1. The zero-order valence-corrected chi connectivity index (χ0v) is 13.4. The maximum Gasteiger partial charge on any atom is 0.180 e. The van der Waals surface area contributed by atoms with Gasteiger partial charge in [-0.3, -0.25) is 4.79 Å². The van der Waals surface area contributed by atoms with Gasteiger partial charge in [-0.1, -0.05) is 31.2 Å². The molecule has 0 aliphatic carbocycles. The largest absolute Gasteiger partial charge is 0.381 e.